The molecular formula is C25H34IN7O. The monoisotopic (exact) mass is 575 g/mol. The molecule has 1 aromatic carbocycles. The number of nitrogens with zero attached hydrogens (tertiary/aromatic N) is 5. The van der Waals surface area contributed by atoms with Gasteiger partial charge in [-0.25, -0.2) is 9.98 Å². The van der Waals surface area contributed by atoms with E-state index in [9.17, 15) is 0 Å². The van der Waals surface area contributed by atoms with Crippen LogP contribution in [-0.4, -0.2) is 53.1 Å². The minimum absolute atomic E-state index is 0. The van der Waals surface area contributed by atoms with Gasteiger partial charge in [0.1, 0.15) is 5.82 Å². The first-order valence-electron chi connectivity index (χ1n) is 11.6. The van der Waals surface area contributed by atoms with Gasteiger partial charge in [0.2, 0.25) is 0 Å². The fourth-order valence-corrected chi connectivity index (χ4v) is 3.90. The Kier molecular flexibility index (Phi) is 10.1. The van der Waals surface area contributed by atoms with Gasteiger partial charge in [0.05, 0.1) is 25.8 Å². The van der Waals surface area contributed by atoms with Gasteiger partial charge in [0.15, 0.2) is 5.96 Å². The van der Waals surface area contributed by atoms with Gasteiger partial charge in [0.25, 0.3) is 0 Å². The number of hydrogen-bond acceptors (Lipinski definition) is 5. The van der Waals surface area contributed by atoms with Gasteiger partial charge in [-0.15, -0.1) is 24.0 Å². The van der Waals surface area contributed by atoms with Crippen LogP contribution in [0.25, 0.3) is 0 Å². The Labute approximate surface area is 218 Å². The summed E-state index contributed by atoms with van der Waals surface area (Å²) in [6.07, 6.45) is 5.88. The molecule has 182 valence electrons. The highest BCUT2D eigenvalue weighted by atomic mass is 127. The van der Waals surface area contributed by atoms with Crippen LogP contribution in [0.5, 0.6) is 0 Å². The smallest absolute Gasteiger partial charge is 0.191 e. The number of morpholine rings is 1. The Bertz CT molecular complexity index is 1040. The van der Waals surface area contributed by atoms with Crippen molar-refractivity contribution in [3.8, 4) is 0 Å². The van der Waals surface area contributed by atoms with Crippen molar-refractivity contribution in [2.45, 2.75) is 39.6 Å². The van der Waals surface area contributed by atoms with Crippen LogP contribution in [0.1, 0.15) is 30.5 Å². The highest BCUT2D eigenvalue weighted by Gasteiger charge is 2.18. The summed E-state index contributed by atoms with van der Waals surface area (Å²) in [6.45, 7) is 9.47. The van der Waals surface area contributed by atoms with Gasteiger partial charge in [-0.05, 0) is 48.7 Å². The molecule has 0 amide bonds. The summed E-state index contributed by atoms with van der Waals surface area (Å²) in [7, 11) is 0. The van der Waals surface area contributed by atoms with Crippen LogP contribution in [0.2, 0.25) is 0 Å². The summed E-state index contributed by atoms with van der Waals surface area (Å²) in [5.41, 5.74) is 3.60. The molecular weight excluding hydrogens is 541 g/mol. The molecule has 0 bridgehead atoms. The summed E-state index contributed by atoms with van der Waals surface area (Å²) in [5.74, 6) is 1.79. The lowest BCUT2D eigenvalue weighted by Gasteiger charge is -2.32. The van der Waals surface area contributed by atoms with Crippen molar-refractivity contribution < 1.29 is 4.74 Å². The standard InChI is InChI=1S/C25H33N7O.HI/c1-3-26-25(29-17-22-7-4-5-8-23(22)19-32-12-6-10-30-32)28-16-21-9-11-27-24(15-21)31-13-14-33-20(2)18-31;/h4-12,15,20H,3,13-14,16-19H2,1-2H3,(H2,26,28,29);1H. The first kappa shape index (κ1) is 26.0. The number of ether oxygens (including phenoxy) is 1. The number of anilines is 1. The van der Waals surface area contributed by atoms with E-state index in [1.807, 2.05) is 29.2 Å². The first-order valence-corrected chi connectivity index (χ1v) is 11.6. The number of pyridine rings is 1. The molecule has 1 saturated heterocycles. The predicted octanol–water partition coefficient (Wildman–Crippen LogP) is 3.42. The van der Waals surface area contributed by atoms with Gasteiger partial charge in [0, 0.05) is 44.8 Å². The molecule has 2 N–H and O–H groups in total. The average molecular weight is 575 g/mol. The zero-order valence-electron chi connectivity index (χ0n) is 19.9. The van der Waals surface area contributed by atoms with E-state index in [1.165, 1.54) is 11.1 Å². The number of rotatable bonds is 8. The highest BCUT2D eigenvalue weighted by molar-refractivity contribution is 14.0. The number of halogens is 1. The van der Waals surface area contributed by atoms with Crippen molar-refractivity contribution in [2.75, 3.05) is 31.1 Å². The zero-order valence-corrected chi connectivity index (χ0v) is 22.2. The van der Waals surface area contributed by atoms with Crippen LogP contribution in [0.4, 0.5) is 5.82 Å². The number of aliphatic imine (C=N–C) groups is 1. The molecule has 4 rings (SSSR count). The summed E-state index contributed by atoms with van der Waals surface area (Å²) < 4.78 is 7.59. The van der Waals surface area contributed by atoms with E-state index >= 15 is 0 Å². The second-order valence-corrected chi connectivity index (χ2v) is 8.17. The van der Waals surface area contributed by atoms with Crippen LogP contribution < -0.4 is 15.5 Å². The summed E-state index contributed by atoms with van der Waals surface area (Å²) >= 11 is 0. The number of nitrogens with one attached hydrogen (secondary N) is 2. The quantitative estimate of drug-likeness (QED) is 0.244. The van der Waals surface area contributed by atoms with Crippen LogP contribution in [0.3, 0.4) is 0 Å². The second-order valence-electron chi connectivity index (χ2n) is 8.17. The van der Waals surface area contributed by atoms with E-state index in [0.717, 1.165) is 50.1 Å². The van der Waals surface area contributed by atoms with Gasteiger partial charge in [-0.1, -0.05) is 24.3 Å². The van der Waals surface area contributed by atoms with Crippen LogP contribution >= 0.6 is 24.0 Å². The summed E-state index contributed by atoms with van der Waals surface area (Å²) in [4.78, 5) is 11.7. The van der Waals surface area contributed by atoms with E-state index in [2.05, 4.69) is 69.8 Å². The van der Waals surface area contributed by atoms with Crippen molar-refractivity contribution in [3.05, 3.63) is 77.7 Å². The van der Waals surface area contributed by atoms with Crippen molar-refractivity contribution in [2.24, 2.45) is 4.99 Å². The van der Waals surface area contributed by atoms with Gasteiger partial charge in [-0.2, -0.15) is 5.10 Å². The Hall–Kier alpha value is -2.66. The number of benzene rings is 1. The number of hydrogen-bond donors (Lipinski definition) is 2. The fraction of sp³-hybridized carbons (Fsp3) is 0.400. The van der Waals surface area contributed by atoms with E-state index in [1.54, 1.807) is 6.20 Å². The number of aromatic nitrogens is 3. The molecule has 34 heavy (non-hydrogen) atoms. The largest absolute Gasteiger partial charge is 0.375 e. The van der Waals surface area contributed by atoms with Crippen molar-refractivity contribution in [1.29, 1.82) is 0 Å². The number of guanidine groups is 1. The van der Waals surface area contributed by atoms with Gasteiger partial charge in [-0.3, -0.25) is 4.68 Å². The average Bonchev–Trinajstić information content (AvgIpc) is 3.35. The SMILES string of the molecule is CCNC(=NCc1ccnc(N2CCOC(C)C2)c1)NCc1ccccc1Cn1cccn1.I. The molecule has 3 heterocycles. The van der Waals surface area contributed by atoms with Crippen LogP contribution in [-0.2, 0) is 24.4 Å². The lowest BCUT2D eigenvalue weighted by Crippen LogP contribution is -2.41. The molecule has 0 spiro atoms. The van der Waals surface area contributed by atoms with Crippen molar-refractivity contribution >= 4 is 35.8 Å². The fourth-order valence-electron chi connectivity index (χ4n) is 3.90. The Morgan fingerprint density at radius 1 is 1.15 bits per heavy atom. The molecule has 1 aliphatic heterocycles. The molecule has 9 heteroatoms. The van der Waals surface area contributed by atoms with Crippen molar-refractivity contribution in [3.63, 3.8) is 0 Å². The second kappa shape index (κ2) is 13.3. The Balaban J connectivity index is 0.00000324. The topological polar surface area (TPSA) is 79.6 Å². The normalized spacial score (nSPS) is 16.1. The molecule has 0 aliphatic carbocycles. The highest BCUT2D eigenvalue weighted by Crippen LogP contribution is 2.17. The third kappa shape index (κ3) is 7.42. The molecule has 0 saturated carbocycles. The van der Waals surface area contributed by atoms with E-state index in [4.69, 9.17) is 9.73 Å². The Morgan fingerprint density at radius 2 is 2.00 bits per heavy atom. The third-order valence-electron chi connectivity index (χ3n) is 5.60. The van der Waals surface area contributed by atoms with Crippen molar-refractivity contribution in [1.82, 2.24) is 25.4 Å². The van der Waals surface area contributed by atoms with Crippen LogP contribution in [0, 0.1) is 0 Å². The maximum Gasteiger partial charge on any atom is 0.191 e. The molecule has 8 nitrogen and oxygen atoms in total. The predicted molar refractivity (Wildman–Crippen MR) is 147 cm³/mol. The zero-order chi connectivity index (χ0) is 22.9. The van der Waals surface area contributed by atoms with E-state index < -0.39 is 0 Å². The van der Waals surface area contributed by atoms with E-state index in [0.29, 0.717) is 13.1 Å². The first-order chi connectivity index (χ1) is 16.2. The maximum atomic E-state index is 5.65. The summed E-state index contributed by atoms with van der Waals surface area (Å²) in [5, 5.41) is 11.2. The molecule has 1 atom stereocenters. The molecule has 1 aliphatic rings. The molecule has 0 radical (unpaired) electrons. The third-order valence-corrected chi connectivity index (χ3v) is 5.60. The van der Waals surface area contributed by atoms with Crippen LogP contribution in [0.15, 0.2) is 66.0 Å². The van der Waals surface area contributed by atoms with E-state index in [-0.39, 0.29) is 30.1 Å². The molecule has 2 aromatic heterocycles. The molecule has 3 aromatic rings. The lowest BCUT2D eigenvalue weighted by molar-refractivity contribution is 0.0529. The lowest BCUT2D eigenvalue weighted by atomic mass is 10.1. The maximum absolute atomic E-state index is 5.65. The minimum Gasteiger partial charge on any atom is -0.375 e. The van der Waals surface area contributed by atoms with Gasteiger partial charge >= 0.3 is 0 Å². The minimum atomic E-state index is 0. The summed E-state index contributed by atoms with van der Waals surface area (Å²) in [6, 6.07) is 14.5. The van der Waals surface area contributed by atoms with Gasteiger partial charge < -0.3 is 20.3 Å². The molecule has 1 unspecified atom stereocenters. The molecule has 1 fully saturated rings. The Morgan fingerprint density at radius 3 is 2.76 bits per heavy atom.